The monoisotopic (exact) mass is 553 g/mol. The molecule has 0 aromatic rings. The molecule has 1 saturated heterocycles. The van der Waals surface area contributed by atoms with E-state index in [1.165, 1.54) is 0 Å². The largest absolute Gasteiger partial charge is 0.465 e. The van der Waals surface area contributed by atoms with E-state index in [9.17, 15) is 33.9 Å². The zero-order chi connectivity index (χ0) is 29.3. The third-order valence-corrected chi connectivity index (χ3v) is 7.06. The van der Waals surface area contributed by atoms with Gasteiger partial charge in [-0.15, -0.1) is 0 Å². The highest BCUT2D eigenvalue weighted by atomic mass is 16.5. The summed E-state index contributed by atoms with van der Waals surface area (Å²) in [5, 5.41) is 19.3. The number of amides is 5. The number of ketones is 1. The Morgan fingerprint density at radius 3 is 2.10 bits per heavy atom. The van der Waals surface area contributed by atoms with Crippen molar-refractivity contribution >= 4 is 35.5 Å². The van der Waals surface area contributed by atoms with Crippen LogP contribution in [0, 0.1) is 11.8 Å². The minimum atomic E-state index is -1.44. The molecule has 13 heteroatoms. The first-order chi connectivity index (χ1) is 18.2. The van der Waals surface area contributed by atoms with Crippen LogP contribution in [0.3, 0.4) is 0 Å². The Labute approximate surface area is 228 Å². The Morgan fingerprint density at radius 2 is 1.59 bits per heavy atom. The summed E-state index contributed by atoms with van der Waals surface area (Å²) in [7, 11) is 0. The molecule has 7 N–H and O–H groups in total. The zero-order valence-electron chi connectivity index (χ0n) is 23.2. The molecule has 1 aliphatic heterocycles. The summed E-state index contributed by atoms with van der Waals surface area (Å²) >= 11 is 0. The molecule has 1 aliphatic carbocycles. The van der Waals surface area contributed by atoms with Gasteiger partial charge < -0.3 is 36.8 Å². The Kier molecular flexibility index (Phi) is 11.7. The van der Waals surface area contributed by atoms with Gasteiger partial charge in [0.15, 0.2) is 0 Å². The van der Waals surface area contributed by atoms with Gasteiger partial charge in [0.1, 0.15) is 12.1 Å². The predicted octanol–water partition coefficient (Wildman–Crippen LogP) is 0.347. The third kappa shape index (κ3) is 10.5. The van der Waals surface area contributed by atoms with E-state index in [2.05, 4.69) is 21.3 Å². The molecule has 0 spiro atoms. The molecule has 0 bridgehead atoms. The highest BCUT2D eigenvalue weighted by Gasteiger charge is 2.37. The minimum Gasteiger partial charge on any atom is -0.465 e. The Bertz CT molecular complexity index is 928. The molecule has 39 heavy (non-hydrogen) atoms. The summed E-state index contributed by atoms with van der Waals surface area (Å²) in [4.78, 5) is 74.6. The molecule has 5 atom stereocenters. The van der Waals surface area contributed by atoms with Crippen molar-refractivity contribution in [2.45, 2.75) is 109 Å². The maximum Gasteiger partial charge on any atom is 0.405 e. The maximum atomic E-state index is 13.5. The van der Waals surface area contributed by atoms with Gasteiger partial charge in [0.25, 0.3) is 5.91 Å². The number of ether oxygens (including phenoxy) is 1. The molecule has 1 heterocycles. The number of hydrogen-bond acceptors (Lipinski definition) is 7. The van der Waals surface area contributed by atoms with E-state index >= 15 is 0 Å². The third-order valence-electron chi connectivity index (χ3n) is 7.06. The molecule has 2 aliphatic rings. The lowest BCUT2D eigenvalue weighted by Gasteiger charge is -2.32. The van der Waals surface area contributed by atoms with E-state index in [1.807, 2.05) is 0 Å². The smallest absolute Gasteiger partial charge is 0.405 e. The number of nitrogens with one attached hydrogen (secondary N) is 4. The summed E-state index contributed by atoms with van der Waals surface area (Å²) in [5.74, 6) is -4.51. The zero-order valence-corrected chi connectivity index (χ0v) is 23.2. The maximum absolute atomic E-state index is 13.5. The second-order valence-corrected chi connectivity index (χ2v) is 11.5. The van der Waals surface area contributed by atoms with Crippen molar-refractivity contribution in [2.75, 3.05) is 6.54 Å². The van der Waals surface area contributed by atoms with Crippen molar-refractivity contribution in [1.82, 2.24) is 21.3 Å². The van der Waals surface area contributed by atoms with Crippen LogP contribution in [0.25, 0.3) is 0 Å². The van der Waals surface area contributed by atoms with Gasteiger partial charge in [0.2, 0.25) is 23.5 Å². The first kappa shape index (κ1) is 32.0. The van der Waals surface area contributed by atoms with E-state index < -0.39 is 65.3 Å². The van der Waals surface area contributed by atoms with E-state index in [-0.39, 0.29) is 24.7 Å². The molecule has 2 fully saturated rings. The normalized spacial score (nSPS) is 21.1. The molecule has 0 aromatic carbocycles. The molecule has 0 unspecified atom stereocenters. The highest BCUT2D eigenvalue weighted by Crippen LogP contribution is 2.28. The standard InChI is InChI=1S/C26H43N5O8/c1-14(39-26(2,3)4)19(31-25(37)38)24(36)30-18(12-15-8-6-5-7-9-15)23(35)29-17(20(32)21(27)33)13-16-10-11-28-22(16)34/h14-19,31H,5-13H2,1-4H3,(H2,27,33)(H,28,34)(H,29,35)(H,30,36)(H,37,38)/t14-,16+,17+,18+,19+/m1/s1. The van der Waals surface area contributed by atoms with Gasteiger partial charge >= 0.3 is 6.09 Å². The van der Waals surface area contributed by atoms with E-state index in [4.69, 9.17) is 10.5 Å². The van der Waals surface area contributed by atoms with Gasteiger partial charge in [-0.25, -0.2) is 4.79 Å². The Morgan fingerprint density at radius 1 is 0.974 bits per heavy atom. The average molecular weight is 554 g/mol. The number of nitrogens with two attached hydrogens (primary N) is 1. The van der Waals surface area contributed by atoms with Crippen molar-refractivity contribution in [2.24, 2.45) is 17.6 Å². The van der Waals surface area contributed by atoms with Crippen LogP contribution in [-0.4, -0.2) is 77.0 Å². The number of rotatable bonds is 13. The summed E-state index contributed by atoms with van der Waals surface area (Å²) in [5.41, 5.74) is 4.53. The second kappa shape index (κ2) is 14.2. The van der Waals surface area contributed by atoms with Crippen LogP contribution in [0.2, 0.25) is 0 Å². The Balaban J connectivity index is 2.27. The molecule has 220 valence electrons. The van der Waals surface area contributed by atoms with E-state index in [1.54, 1.807) is 27.7 Å². The van der Waals surface area contributed by atoms with Gasteiger partial charge in [-0.2, -0.15) is 0 Å². The SMILES string of the molecule is C[C@@H](OC(C)(C)C)[C@H](NC(=O)O)C(=O)N[C@@H](CC1CCCCC1)C(=O)N[C@@H](C[C@@H]1CCNC1=O)C(=O)C(N)=O. The molecular formula is C26H43N5O8. The van der Waals surface area contributed by atoms with Gasteiger partial charge in [0.05, 0.1) is 17.7 Å². The van der Waals surface area contributed by atoms with Crippen LogP contribution in [0.5, 0.6) is 0 Å². The molecule has 5 amide bonds. The average Bonchev–Trinajstić information content (AvgIpc) is 3.24. The quantitative estimate of drug-likeness (QED) is 0.175. The van der Waals surface area contributed by atoms with Gasteiger partial charge in [-0.3, -0.25) is 24.0 Å². The number of carbonyl (C=O) groups is 6. The lowest BCUT2D eigenvalue weighted by molar-refractivity contribution is -0.140. The molecule has 0 aromatic heterocycles. The van der Waals surface area contributed by atoms with Crippen LogP contribution in [0.15, 0.2) is 0 Å². The first-order valence-corrected chi connectivity index (χ1v) is 13.6. The molecule has 1 saturated carbocycles. The summed E-state index contributed by atoms with van der Waals surface area (Å²) in [6.07, 6.45) is 3.02. The van der Waals surface area contributed by atoms with Gasteiger partial charge in [-0.1, -0.05) is 32.1 Å². The number of hydrogen-bond donors (Lipinski definition) is 6. The molecule has 13 nitrogen and oxygen atoms in total. The van der Waals surface area contributed by atoms with Crippen LogP contribution < -0.4 is 27.0 Å². The van der Waals surface area contributed by atoms with Crippen LogP contribution in [0.4, 0.5) is 4.79 Å². The fourth-order valence-corrected chi connectivity index (χ4v) is 5.23. The second-order valence-electron chi connectivity index (χ2n) is 11.5. The first-order valence-electron chi connectivity index (χ1n) is 13.6. The summed E-state index contributed by atoms with van der Waals surface area (Å²) < 4.78 is 5.80. The lowest BCUT2D eigenvalue weighted by atomic mass is 9.84. The number of Topliss-reactive ketones (excluding diaryl/α,β-unsaturated/α-hetero) is 1. The minimum absolute atomic E-state index is 0.108. The van der Waals surface area contributed by atoms with Crippen LogP contribution in [0.1, 0.15) is 79.1 Å². The van der Waals surface area contributed by atoms with Crippen molar-refractivity contribution < 1.29 is 38.6 Å². The fraction of sp³-hybridized carbons (Fsp3) is 0.769. The van der Waals surface area contributed by atoms with Crippen molar-refractivity contribution in [3.8, 4) is 0 Å². The van der Waals surface area contributed by atoms with Crippen LogP contribution in [-0.2, 0) is 28.7 Å². The number of carbonyl (C=O) groups excluding carboxylic acids is 5. The van der Waals surface area contributed by atoms with Crippen molar-refractivity contribution in [3.63, 3.8) is 0 Å². The topological polar surface area (TPSA) is 206 Å². The molecule has 2 rings (SSSR count). The van der Waals surface area contributed by atoms with Crippen molar-refractivity contribution in [3.05, 3.63) is 0 Å². The molecule has 0 radical (unpaired) electrons. The summed E-state index contributed by atoms with van der Waals surface area (Å²) in [6, 6.07) is -3.79. The molecular weight excluding hydrogens is 510 g/mol. The highest BCUT2D eigenvalue weighted by molar-refractivity contribution is 6.37. The van der Waals surface area contributed by atoms with Crippen molar-refractivity contribution in [1.29, 1.82) is 0 Å². The van der Waals surface area contributed by atoms with E-state index in [0.717, 1.165) is 32.1 Å². The van der Waals surface area contributed by atoms with Gasteiger partial charge in [-0.05, 0) is 52.9 Å². The fourth-order valence-electron chi connectivity index (χ4n) is 5.23. The van der Waals surface area contributed by atoms with Crippen LogP contribution >= 0.6 is 0 Å². The summed E-state index contributed by atoms with van der Waals surface area (Å²) in [6.45, 7) is 7.26. The van der Waals surface area contributed by atoms with E-state index in [0.29, 0.717) is 13.0 Å². The lowest BCUT2D eigenvalue weighted by Crippen LogP contribution is -2.59. The Hall–Kier alpha value is -3.22. The number of primary amides is 1. The predicted molar refractivity (Wildman–Crippen MR) is 140 cm³/mol. The van der Waals surface area contributed by atoms with Gasteiger partial charge in [0, 0.05) is 12.5 Å². The number of carboxylic acid groups (broad SMARTS) is 1.